The first kappa shape index (κ1) is 24.5. The highest BCUT2D eigenvalue weighted by atomic mass is 79.9. The van der Waals surface area contributed by atoms with Gasteiger partial charge in [0.2, 0.25) is 5.75 Å². The molecule has 0 aliphatic carbocycles. The molecule has 0 amide bonds. The maximum atomic E-state index is 13.6. The molecule has 1 aliphatic heterocycles. The number of benzene rings is 2. The molecule has 0 spiro atoms. The van der Waals surface area contributed by atoms with E-state index in [0.717, 1.165) is 17.4 Å². The van der Waals surface area contributed by atoms with Crippen LogP contribution in [0.15, 0.2) is 61.9 Å². The first-order valence-electron chi connectivity index (χ1n) is 10.2. The molecular formula is C23H17BrFN3O6S. The van der Waals surface area contributed by atoms with E-state index in [1.54, 1.807) is 13.8 Å². The van der Waals surface area contributed by atoms with Crippen LogP contribution in [0.25, 0.3) is 6.08 Å². The van der Waals surface area contributed by atoms with Gasteiger partial charge in [-0.15, -0.1) is 0 Å². The van der Waals surface area contributed by atoms with Crippen LogP contribution in [-0.2, 0) is 9.53 Å². The third-order valence-electron chi connectivity index (χ3n) is 5.26. The zero-order chi connectivity index (χ0) is 25.4. The summed E-state index contributed by atoms with van der Waals surface area (Å²) in [5, 5.41) is 21.2. The molecule has 0 radical (unpaired) electrons. The van der Waals surface area contributed by atoms with Crippen molar-refractivity contribution < 1.29 is 24.0 Å². The number of hydrogen-bond donors (Lipinski definition) is 1. The second kappa shape index (κ2) is 9.55. The Kier molecular flexibility index (Phi) is 6.68. The number of fused-ring (bicyclic) bond motifs is 1. The summed E-state index contributed by atoms with van der Waals surface area (Å²) in [5.41, 5.74) is 0.270. The molecule has 1 atom stereocenters. The number of carbonyl (C=O) groups excluding carboxylic acids is 1. The van der Waals surface area contributed by atoms with Crippen molar-refractivity contribution in [3.63, 3.8) is 0 Å². The molecule has 0 saturated heterocycles. The van der Waals surface area contributed by atoms with Crippen molar-refractivity contribution >= 4 is 45.0 Å². The van der Waals surface area contributed by atoms with E-state index < -0.39 is 39.7 Å². The molecule has 1 aromatic heterocycles. The van der Waals surface area contributed by atoms with E-state index in [4.69, 9.17) is 4.74 Å². The van der Waals surface area contributed by atoms with Crippen molar-refractivity contribution in [1.29, 1.82) is 0 Å². The molecule has 2 aromatic carbocycles. The van der Waals surface area contributed by atoms with E-state index in [1.165, 1.54) is 41.0 Å². The summed E-state index contributed by atoms with van der Waals surface area (Å²) in [5.74, 6) is -1.64. The van der Waals surface area contributed by atoms with Gasteiger partial charge in [-0.25, -0.2) is 14.2 Å². The predicted molar refractivity (Wildman–Crippen MR) is 129 cm³/mol. The Balaban J connectivity index is 1.96. The van der Waals surface area contributed by atoms with Gasteiger partial charge in [0, 0.05) is 6.07 Å². The fourth-order valence-corrected chi connectivity index (χ4v) is 5.24. The number of thiazole rings is 1. The quantitative estimate of drug-likeness (QED) is 0.289. The summed E-state index contributed by atoms with van der Waals surface area (Å²) >= 11 is 4.12. The van der Waals surface area contributed by atoms with Gasteiger partial charge in [-0.2, -0.15) is 0 Å². The van der Waals surface area contributed by atoms with Crippen LogP contribution >= 0.6 is 27.3 Å². The molecule has 0 bridgehead atoms. The molecule has 2 heterocycles. The highest BCUT2D eigenvalue weighted by molar-refractivity contribution is 9.10. The number of halogens is 2. The normalized spacial score (nSPS) is 15.5. The third kappa shape index (κ3) is 4.54. The monoisotopic (exact) mass is 561 g/mol. The lowest BCUT2D eigenvalue weighted by Crippen LogP contribution is -2.39. The van der Waals surface area contributed by atoms with E-state index in [2.05, 4.69) is 20.9 Å². The van der Waals surface area contributed by atoms with Crippen LogP contribution in [0, 0.1) is 15.9 Å². The molecule has 180 valence electrons. The van der Waals surface area contributed by atoms with E-state index >= 15 is 0 Å². The number of esters is 1. The summed E-state index contributed by atoms with van der Waals surface area (Å²) in [6.45, 7) is 3.40. The number of nitro groups is 1. The molecule has 0 fully saturated rings. The lowest BCUT2D eigenvalue weighted by atomic mass is 9.96. The Hall–Kier alpha value is -3.64. The molecule has 1 aliphatic rings. The number of ether oxygens (including phenoxy) is 1. The van der Waals surface area contributed by atoms with Crippen molar-refractivity contribution in [3.05, 3.63) is 98.9 Å². The molecule has 1 unspecified atom stereocenters. The second-order valence-corrected chi connectivity index (χ2v) is 9.34. The average Bonchev–Trinajstić information content (AvgIpc) is 3.10. The molecule has 4 rings (SSSR count). The Bertz CT molecular complexity index is 1580. The van der Waals surface area contributed by atoms with Gasteiger partial charge < -0.3 is 9.84 Å². The van der Waals surface area contributed by atoms with Crippen LogP contribution in [0.1, 0.15) is 31.0 Å². The van der Waals surface area contributed by atoms with E-state index in [0.29, 0.717) is 21.6 Å². The number of rotatable bonds is 5. The number of aromatic hydroxyl groups is 1. The topological polar surface area (TPSA) is 124 Å². The van der Waals surface area contributed by atoms with Crippen LogP contribution in [0.4, 0.5) is 10.1 Å². The smallest absolute Gasteiger partial charge is 0.338 e. The fourth-order valence-electron chi connectivity index (χ4n) is 3.73. The van der Waals surface area contributed by atoms with E-state index in [9.17, 15) is 29.2 Å². The molecular weight excluding hydrogens is 545 g/mol. The molecule has 1 N–H and O–H groups in total. The largest absolute Gasteiger partial charge is 0.501 e. The van der Waals surface area contributed by atoms with Crippen molar-refractivity contribution in [2.45, 2.75) is 19.9 Å². The third-order valence-corrected chi connectivity index (χ3v) is 6.85. The molecule has 12 heteroatoms. The SMILES string of the molecule is CCOC(=O)C1=C(C)N=c2s/c(=C/c3cc(Br)c(O)c([N+](=O)[O-])c3)c(=O)n2C1c1ccc(F)cc1. The Morgan fingerprint density at radius 3 is 2.69 bits per heavy atom. The number of phenols is 1. The summed E-state index contributed by atoms with van der Waals surface area (Å²) in [6, 6.07) is 7.10. The molecule has 3 aromatic rings. The lowest BCUT2D eigenvalue weighted by molar-refractivity contribution is -0.386. The number of carbonyl (C=O) groups is 1. The highest BCUT2D eigenvalue weighted by Crippen LogP contribution is 2.35. The number of aromatic nitrogens is 1. The minimum atomic E-state index is -0.908. The van der Waals surface area contributed by atoms with Crippen molar-refractivity contribution in [2.24, 2.45) is 4.99 Å². The summed E-state index contributed by atoms with van der Waals surface area (Å²) in [4.78, 5) is 41.6. The number of nitrogens with zero attached hydrogens (tertiary/aromatic N) is 3. The minimum absolute atomic E-state index is 0.0929. The first-order valence-corrected chi connectivity index (χ1v) is 11.8. The number of nitro benzene ring substituents is 1. The number of phenolic OH excluding ortho intramolecular Hbond substituents is 1. The van der Waals surface area contributed by atoms with Crippen molar-refractivity contribution in [2.75, 3.05) is 6.61 Å². The van der Waals surface area contributed by atoms with Crippen molar-refractivity contribution in [3.8, 4) is 5.75 Å². The first-order chi connectivity index (χ1) is 16.6. The van der Waals surface area contributed by atoms with Gasteiger partial charge in [0.1, 0.15) is 5.82 Å². The van der Waals surface area contributed by atoms with E-state index in [1.807, 2.05) is 0 Å². The maximum Gasteiger partial charge on any atom is 0.338 e. The maximum absolute atomic E-state index is 13.6. The molecule has 0 saturated carbocycles. The van der Waals surface area contributed by atoms with Crippen LogP contribution in [0.3, 0.4) is 0 Å². The minimum Gasteiger partial charge on any atom is -0.501 e. The van der Waals surface area contributed by atoms with Crippen LogP contribution in [0.5, 0.6) is 5.75 Å². The number of allylic oxidation sites excluding steroid dienone is 1. The van der Waals surface area contributed by atoms with Crippen LogP contribution in [-0.4, -0.2) is 27.2 Å². The zero-order valence-electron chi connectivity index (χ0n) is 18.3. The van der Waals surface area contributed by atoms with Gasteiger partial charge in [-0.1, -0.05) is 23.5 Å². The highest BCUT2D eigenvalue weighted by Gasteiger charge is 2.33. The Labute approximate surface area is 209 Å². The van der Waals surface area contributed by atoms with E-state index in [-0.39, 0.29) is 21.2 Å². The average molecular weight is 562 g/mol. The van der Waals surface area contributed by atoms with Gasteiger partial charge in [-0.3, -0.25) is 19.5 Å². The standard InChI is InChI=1S/C23H17BrFN3O6S/c1-3-34-22(31)18-11(2)26-23-27(19(18)13-4-6-14(25)7-5-13)21(30)17(35-23)10-12-8-15(24)20(29)16(9-12)28(32)33/h4-10,19,29H,3H2,1-2H3/b17-10+. The number of hydrogen-bond acceptors (Lipinski definition) is 8. The predicted octanol–water partition coefficient (Wildman–Crippen LogP) is 3.31. The second-order valence-electron chi connectivity index (χ2n) is 7.48. The van der Waals surface area contributed by atoms with Gasteiger partial charge in [-0.05, 0) is 65.2 Å². The van der Waals surface area contributed by atoms with Gasteiger partial charge in [0.05, 0.1) is 37.8 Å². The van der Waals surface area contributed by atoms with Crippen molar-refractivity contribution in [1.82, 2.24) is 4.57 Å². The van der Waals surface area contributed by atoms with Gasteiger partial charge >= 0.3 is 11.7 Å². The van der Waals surface area contributed by atoms with Crippen LogP contribution in [0.2, 0.25) is 0 Å². The Morgan fingerprint density at radius 1 is 1.37 bits per heavy atom. The lowest BCUT2D eigenvalue weighted by Gasteiger charge is -2.24. The zero-order valence-corrected chi connectivity index (χ0v) is 20.7. The Morgan fingerprint density at radius 2 is 2.06 bits per heavy atom. The van der Waals surface area contributed by atoms with Gasteiger partial charge in [0.15, 0.2) is 4.80 Å². The summed E-state index contributed by atoms with van der Waals surface area (Å²) in [7, 11) is 0. The van der Waals surface area contributed by atoms with Gasteiger partial charge in [0.25, 0.3) is 5.56 Å². The summed E-state index contributed by atoms with van der Waals surface area (Å²) in [6.07, 6.45) is 1.44. The summed E-state index contributed by atoms with van der Waals surface area (Å²) < 4.78 is 20.4. The van der Waals surface area contributed by atoms with Crippen LogP contribution < -0.4 is 14.9 Å². The molecule has 35 heavy (non-hydrogen) atoms. The fraction of sp³-hybridized carbons (Fsp3) is 0.174. The molecule has 9 nitrogen and oxygen atoms in total.